The van der Waals surface area contributed by atoms with E-state index in [2.05, 4.69) is 10.1 Å². The van der Waals surface area contributed by atoms with Crippen molar-refractivity contribution in [3.8, 4) is 22.9 Å². The van der Waals surface area contributed by atoms with Crippen LogP contribution in [0.1, 0.15) is 16.7 Å². The molecule has 0 N–H and O–H groups in total. The van der Waals surface area contributed by atoms with E-state index in [9.17, 15) is 22.4 Å². The highest BCUT2D eigenvalue weighted by Crippen LogP contribution is 2.35. The van der Waals surface area contributed by atoms with Gasteiger partial charge < -0.3 is 9.47 Å². The van der Waals surface area contributed by atoms with Gasteiger partial charge >= 0.3 is 6.18 Å². The Kier molecular flexibility index (Phi) is 7.76. The SMILES string of the molecule is COc1cc(Cl)cc(C=Nn2c(-c3cccc(C(F)(F)F)c3)nc3ccccc3c2=O)c1OCc1cccc(F)c1. The molecule has 6 nitrogen and oxygen atoms in total. The second kappa shape index (κ2) is 11.4. The quantitative estimate of drug-likeness (QED) is 0.149. The third-order valence-electron chi connectivity index (χ3n) is 6.05. The summed E-state index contributed by atoms with van der Waals surface area (Å²) < 4.78 is 66.4. The van der Waals surface area contributed by atoms with E-state index in [0.29, 0.717) is 16.6 Å². The van der Waals surface area contributed by atoms with Crippen LogP contribution in [0, 0.1) is 5.82 Å². The van der Waals surface area contributed by atoms with Crippen molar-refractivity contribution in [3.63, 3.8) is 0 Å². The van der Waals surface area contributed by atoms with Gasteiger partial charge in [0.25, 0.3) is 5.56 Å². The molecule has 0 saturated carbocycles. The second-order valence-electron chi connectivity index (χ2n) is 8.84. The van der Waals surface area contributed by atoms with Crippen LogP contribution in [0.3, 0.4) is 0 Å². The molecular formula is C30H20ClF4N3O3. The lowest BCUT2D eigenvalue weighted by molar-refractivity contribution is -0.137. The largest absolute Gasteiger partial charge is 0.493 e. The molecule has 0 aliphatic heterocycles. The van der Waals surface area contributed by atoms with Crippen LogP contribution >= 0.6 is 11.6 Å². The van der Waals surface area contributed by atoms with Crippen LogP contribution in [0.15, 0.2) is 94.8 Å². The number of hydrogen-bond acceptors (Lipinski definition) is 5. The van der Waals surface area contributed by atoms with Gasteiger partial charge in [-0.3, -0.25) is 4.79 Å². The number of fused-ring (bicyclic) bond motifs is 1. The molecule has 208 valence electrons. The Morgan fingerprint density at radius 2 is 1.78 bits per heavy atom. The Morgan fingerprint density at radius 3 is 2.54 bits per heavy atom. The lowest BCUT2D eigenvalue weighted by Crippen LogP contribution is -2.20. The van der Waals surface area contributed by atoms with E-state index in [1.165, 1.54) is 49.7 Å². The first-order valence-corrected chi connectivity index (χ1v) is 12.5. The highest BCUT2D eigenvalue weighted by atomic mass is 35.5. The normalized spacial score (nSPS) is 11.8. The predicted octanol–water partition coefficient (Wildman–Crippen LogP) is 7.34. The van der Waals surface area contributed by atoms with Crippen LogP contribution in [-0.2, 0) is 12.8 Å². The van der Waals surface area contributed by atoms with Gasteiger partial charge in [-0.1, -0.05) is 48.0 Å². The molecule has 0 spiro atoms. The number of benzene rings is 4. The topological polar surface area (TPSA) is 65.7 Å². The van der Waals surface area contributed by atoms with Gasteiger partial charge in [-0.25, -0.2) is 9.37 Å². The number of halogens is 5. The van der Waals surface area contributed by atoms with Crippen molar-refractivity contribution in [2.24, 2.45) is 5.10 Å². The van der Waals surface area contributed by atoms with Gasteiger partial charge in [0.2, 0.25) is 0 Å². The summed E-state index contributed by atoms with van der Waals surface area (Å²) in [4.78, 5) is 18.0. The molecule has 1 aromatic heterocycles. The van der Waals surface area contributed by atoms with Crippen molar-refractivity contribution in [1.29, 1.82) is 0 Å². The molecule has 0 bridgehead atoms. The van der Waals surface area contributed by atoms with Crippen molar-refractivity contribution >= 4 is 28.7 Å². The van der Waals surface area contributed by atoms with Gasteiger partial charge in [0, 0.05) is 22.2 Å². The zero-order valence-corrected chi connectivity index (χ0v) is 22.1. The molecule has 0 aliphatic rings. The zero-order valence-electron chi connectivity index (χ0n) is 21.3. The number of methoxy groups -OCH3 is 1. The third-order valence-corrected chi connectivity index (χ3v) is 6.27. The average molecular weight is 582 g/mol. The summed E-state index contributed by atoms with van der Waals surface area (Å²) >= 11 is 6.28. The molecule has 1 heterocycles. The average Bonchev–Trinajstić information content (AvgIpc) is 2.95. The number of alkyl halides is 3. The van der Waals surface area contributed by atoms with E-state index in [1.54, 1.807) is 36.4 Å². The smallest absolute Gasteiger partial charge is 0.416 e. The number of rotatable bonds is 7. The molecule has 0 saturated heterocycles. The van der Waals surface area contributed by atoms with Crippen molar-refractivity contribution in [1.82, 2.24) is 9.66 Å². The Hall–Kier alpha value is -4.70. The van der Waals surface area contributed by atoms with Crippen LogP contribution in [0.5, 0.6) is 11.5 Å². The molecule has 5 aromatic rings. The molecule has 0 unspecified atom stereocenters. The molecule has 0 atom stereocenters. The molecule has 0 amide bonds. The molecule has 41 heavy (non-hydrogen) atoms. The molecule has 11 heteroatoms. The van der Waals surface area contributed by atoms with E-state index in [0.717, 1.165) is 16.8 Å². The summed E-state index contributed by atoms with van der Waals surface area (Å²) in [5, 5.41) is 4.80. The van der Waals surface area contributed by atoms with Crippen LogP contribution < -0.4 is 15.0 Å². The summed E-state index contributed by atoms with van der Waals surface area (Å²) in [6, 6.07) is 19.8. The van der Waals surface area contributed by atoms with Crippen molar-refractivity contribution in [2.45, 2.75) is 12.8 Å². The summed E-state index contributed by atoms with van der Waals surface area (Å²) in [6.45, 7) is -0.0243. The molecule has 5 rings (SSSR count). The van der Waals surface area contributed by atoms with Crippen LogP contribution in [0.4, 0.5) is 17.6 Å². The lowest BCUT2D eigenvalue weighted by Gasteiger charge is -2.15. The molecular weight excluding hydrogens is 562 g/mol. The van der Waals surface area contributed by atoms with Crippen LogP contribution in [-0.4, -0.2) is 23.0 Å². The minimum absolute atomic E-state index is 0.0243. The van der Waals surface area contributed by atoms with Crippen LogP contribution in [0.25, 0.3) is 22.3 Å². The van der Waals surface area contributed by atoms with E-state index in [1.807, 2.05) is 0 Å². The maximum Gasteiger partial charge on any atom is 0.416 e. The third kappa shape index (κ3) is 6.07. The first-order valence-electron chi connectivity index (χ1n) is 12.1. The minimum Gasteiger partial charge on any atom is -0.493 e. The molecule has 0 radical (unpaired) electrons. The fourth-order valence-corrected chi connectivity index (χ4v) is 4.36. The number of aromatic nitrogens is 2. The summed E-state index contributed by atoms with van der Waals surface area (Å²) in [5.74, 6) is -0.0849. The van der Waals surface area contributed by atoms with Crippen LogP contribution in [0.2, 0.25) is 5.02 Å². The van der Waals surface area contributed by atoms with Gasteiger partial charge in [0.05, 0.1) is 29.8 Å². The van der Waals surface area contributed by atoms with Crippen molar-refractivity contribution in [3.05, 3.63) is 123 Å². The highest BCUT2D eigenvalue weighted by Gasteiger charge is 2.31. The van der Waals surface area contributed by atoms with Crippen molar-refractivity contribution in [2.75, 3.05) is 7.11 Å². The summed E-state index contributed by atoms with van der Waals surface area (Å²) in [5.41, 5.74) is -0.338. The molecule has 0 aliphatic carbocycles. The van der Waals surface area contributed by atoms with Gasteiger partial charge in [0.15, 0.2) is 17.3 Å². The van der Waals surface area contributed by atoms with E-state index >= 15 is 0 Å². The van der Waals surface area contributed by atoms with Gasteiger partial charge in [-0.2, -0.15) is 22.9 Å². The predicted molar refractivity (Wildman–Crippen MR) is 148 cm³/mol. The number of ether oxygens (including phenoxy) is 2. The Bertz CT molecular complexity index is 1840. The molecule has 0 fully saturated rings. The van der Waals surface area contributed by atoms with Gasteiger partial charge in [0.1, 0.15) is 12.4 Å². The lowest BCUT2D eigenvalue weighted by atomic mass is 10.1. The Balaban J connectivity index is 1.64. The number of hydrogen-bond donors (Lipinski definition) is 0. The maximum atomic E-state index is 13.7. The molecule has 4 aromatic carbocycles. The zero-order chi connectivity index (χ0) is 29.1. The second-order valence-corrected chi connectivity index (χ2v) is 9.27. The summed E-state index contributed by atoms with van der Waals surface area (Å²) in [7, 11) is 1.41. The van der Waals surface area contributed by atoms with E-state index in [4.69, 9.17) is 21.1 Å². The number of nitrogens with zero attached hydrogens (tertiary/aromatic N) is 3. The Labute approximate surface area is 236 Å². The number of para-hydroxylation sites is 1. The Morgan fingerprint density at radius 1 is 1.00 bits per heavy atom. The minimum atomic E-state index is -4.60. The fraction of sp³-hybridized carbons (Fsp3) is 0.100. The highest BCUT2D eigenvalue weighted by molar-refractivity contribution is 6.31. The fourth-order valence-electron chi connectivity index (χ4n) is 4.15. The van der Waals surface area contributed by atoms with E-state index in [-0.39, 0.29) is 39.9 Å². The van der Waals surface area contributed by atoms with Gasteiger partial charge in [-0.15, -0.1) is 0 Å². The first kappa shape index (κ1) is 27.9. The summed E-state index contributed by atoms with van der Waals surface area (Å²) in [6.07, 6.45) is -3.34. The van der Waals surface area contributed by atoms with Crippen molar-refractivity contribution < 1.29 is 27.0 Å². The monoisotopic (exact) mass is 581 g/mol. The van der Waals surface area contributed by atoms with Gasteiger partial charge in [-0.05, 0) is 48.0 Å². The standard InChI is InChI=1S/C30H20ClF4N3O3/c1-40-26-15-22(31)14-20(27(26)41-17-18-6-4-9-23(32)12-18)16-36-38-28(19-7-5-8-21(13-19)30(33,34)35)37-25-11-3-2-10-24(25)29(38)39/h2-16H,17H2,1H3. The first-order chi connectivity index (χ1) is 19.6. The maximum absolute atomic E-state index is 13.7. The van der Waals surface area contributed by atoms with E-state index < -0.39 is 23.1 Å².